The molecule has 0 amide bonds. The molecule has 0 bridgehead atoms. The van der Waals surface area contributed by atoms with Gasteiger partial charge in [0.15, 0.2) is 12.4 Å². The summed E-state index contributed by atoms with van der Waals surface area (Å²) in [6.45, 7) is 0.0966. The van der Waals surface area contributed by atoms with Gasteiger partial charge in [-0.3, -0.25) is 4.79 Å². The van der Waals surface area contributed by atoms with Crippen molar-refractivity contribution in [2.75, 3.05) is 6.61 Å². The minimum Gasteiger partial charge on any atom is -0.485 e. The van der Waals surface area contributed by atoms with Crippen LogP contribution in [0.5, 0.6) is 5.75 Å². The minimum absolute atomic E-state index is 0.0400. The molecule has 1 aliphatic carbocycles. The fourth-order valence-electron chi connectivity index (χ4n) is 2.51. The summed E-state index contributed by atoms with van der Waals surface area (Å²) in [6.07, 6.45) is 3.43. The molecule has 2 aromatic rings. The molecular weight excluding hydrogens is 363 g/mol. The Labute approximate surface area is 132 Å². The van der Waals surface area contributed by atoms with Gasteiger partial charge in [-0.15, -0.1) is 0 Å². The monoisotopic (exact) mass is 378 g/mol. The van der Waals surface area contributed by atoms with E-state index >= 15 is 0 Å². The van der Waals surface area contributed by atoms with E-state index in [0.29, 0.717) is 0 Å². The largest absolute Gasteiger partial charge is 0.485 e. The first-order valence-corrected chi connectivity index (χ1v) is 7.83. The highest BCUT2D eigenvalue weighted by molar-refractivity contribution is 14.1. The summed E-state index contributed by atoms with van der Waals surface area (Å²) < 4.78 is 6.70. The van der Waals surface area contributed by atoms with Gasteiger partial charge in [-0.05, 0) is 83.3 Å². The average molecular weight is 378 g/mol. The van der Waals surface area contributed by atoms with Crippen LogP contribution in [0.1, 0.15) is 27.9 Å². The predicted molar refractivity (Wildman–Crippen MR) is 87.5 cm³/mol. The number of carbonyl (C=O) groups excluding carboxylic acids is 1. The smallest absolute Gasteiger partial charge is 0.200 e. The molecular formula is C17H15IO2. The number of carbonyl (C=O) groups is 1. The fraction of sp³-hybridized carbons (Fsp3) is 0.235. The Kier molecular flexibility index (Phi) is 4.05. The van der Waals surface area contributed by atoms with Gasteiger partial charge in [0.25, 0.3) is 0 Å². The van der Waals surface area contributed by atoms with E-state index in [1.54, 1.807) is 0 Å². The van der Waals surface area contributed by atoms with Gasteiger partial charge in [0.2, 0.25) is 0 Å². The van der Waals surface area contributed by atoms with E-state index in [1.165, 1.54) is 17.5 Å². The zero-order valence-electron chi connectivity index (χ0n) is 11.1. The second-order valence-corrected chi connectivity index (χ2v) is 6.25. The zero-order valence-corrected chi connectivity index (χ0v) is 13.2. The van der Waals surface area contributed by atoms with Gasteiger partial charge in [-0.2, -0.15) is 0 Å². The van der Waals surface area contributed by atoms with Crippen LogP contribution in [0.2, 0.25) is 0 Å². The summed E-state index contributed by atoms with van der Waals surface area (Å²) in [6, 6.07) is 13.7. The summed E-state index contributed by atoms with van der Waals surface area (Å²) >= 11 is 2.24. The average Bonchev–Trinajstić information content (AvgIpc) is 2.93. The zero-order chi connectivity index (χ0) is 13.9. The third-order valence-electron chi connectivity index (χ3n) is 3.60. The Morgan fingerprint density at radius 1 is 1.05 bits per heavy atom. The van der Waals surface area contributed by atoms with Gasteiger partial charge in [-0.1, -0.05) is 12.1 Å². The van der Waals surface area contributed by atoms with Gasteiger partial charge in [0.1, 0.15) is 5.75 Å². The Morgan fingerprint density at radius 2 is 1.80 bits per heavy atom. The molecule has 0 saturated heterocycles. The Bertz CT molecular complexity index is 632. The number of hydrogen-bond donors (Lipinski definition) is 0. The molecule has 1 aliphatic rings. The standard InChI is InChI=1S/C17H15IO2/c18-15-6-8-16(9-7-15)20-11-17(19)14-5-4-12-2-1-3-13(12)10-14/h4-10H,1-3,11H2. The Hall–Kier alpha value is -1.36. The third kappa shape index (κ3) is 3.03. The molecule has 0 aliphatic heterocycles. The van der Waals surface area contributed by atoms with E-state index in [4.69, 9.17) is 4.74 Å². The molecule has 20 heavy (non-hydrogen) atoms. The third-order valence-corrected chi connectivity index (χ3v) is 4.32. The van der Waals surface area contributed by atoms with Gasteiger partial charge >= 0.3 is 0 Å². The van der Waals surface area contributed by atoms with Crippen LogP contribution < -0.4 is 4.74 Å². The van der Waals surface area contributed by atoms with Crippen LogP contribution >= 0.6 is 22.6 Å². The Morgan fingerprint density at radius 3 is 2.60 bits per heavy atom. The predicted octanol–water partition coefficient (Wildman–Crippen LogP) is 4.04. The van der Waals surface area contributed by atoms with Crippen LogP contribution in [0.3, 0.4) is 0 Å². The first-order valence-electron chi connectivity index (χ1n) is 6.76. The van der Waals surface area contributed by atoms with Crippen molar-refractivity contribution < 1.29 is 9.53 Å². The molecule has 0 saturated carbocycles. The van der Waals surface area contributed by atoms with Crippen molar-refractivity contribution in [1.82, 2.24) is 0 Å². The van der Waals surface area contributed by atoms with Crippen LogP contribution in [0.25, 0.3) is 0 Å². The maximum absolute atomic E-state index is 12.2. The maximum Gasteiger partial charge on any atom is 0.200 e. The summed E-state index contributed by atoms with van der Waals surface area (Å²) in [4.78, 5) is 12.2. The molecule has 102 valence electrons. The first-order chi connectivity index (χ1) is 9.72. The van der Waals surface area contributed by atoms with E-state index < -0.39 is 0 Å². The molecule has 3 heteroatoms. The normalized spacial score (nSPS) is 13.1. The van der Waals surface area contributed by atoms with E-state index in [9.17, 15) is 4.79 Å². The number of rotatable bonds is 4. The molecule has 0 fully saturated rings. The maximum atomic E-state index is 12.2. The molecule has 0 radical (unpaired) electrons. The summed E-state index contributed by atoms with van der Waals surface area (Å²) in [5.41, 5.74) is 3.47. The van der Waals surface area contributed by atoms with Crippen LogP contribution in [-0.2, 0) is 12.8 Å². The summed E-state index contributed by atoms with van der Waals surface area (Å²) in [5, 5.41) is 0. The second kappa shape index (κ2) is 5.95. The number of fused-ring (bicyclic) bond motifs is 1. The van der Waals surface area contributed by atoms with Crippen molar-refractivity contribution in [1.29, 1.82) is 0 Å². The summed E-state index contributed by atoms with van der Waals surface area (Å²) in [5.74, 6) is 0.776. The SMILES string of the molecule is O=C(COc1ccc(I)cc1)c1ccc2c(c1)CCC2. The van der Waals surface area contributed by atoms with Crippen LogP contribution in [0.15, 0.2) is 42.5 Å². The lowest BCUT2D eigenvalue weighted by molar-refractivity contribution is 0.0921. The topological polar surface area (TPSA) is 26.3 Å². The number of aryl methyl sites for hydroxylation is 2. The lowest BCUT2D eigenvalue weighted by Gasteiger charge is -2.07. The first kappa shape index (κ1) is 13.6. The quantitative estimate of drug-likeness (QED) is 0.593. The van der Waals surface area contributed by atoms with Gasteiger partial charge in [0.05, 0.1) is 0 Å². The van der Waals surface area contributed by atoms with Crippen LogP contribution in [0, 0.1) is 3.57 Å². The molecule has 0 aromatic heterocycles. The van der Waals surface area contributed by atoms with Gasteiger partial charge in [-0.25, -0.2) is 0 Å². The number of hydrogen-bond acceptors (Lipinski definition) is 2. The van der Waals surface area contributed by atoms with Crippen molar-refractivity contribution in [2.24, 2.45) is 0 Å². The molecule has 0 atom stereocenters. The number of benzene rings is 2. The second-order valence-electron chi connectivity index (χ2n) is 5.00. The highest BCUT2D eigenvalue weighted by Crippen LogP contribution is 2.23. The molecule has 0 N–H and O–H groups in total. The van der Waals surface area contributed by atoms with Crippen molar-refractivity contribution in [3.8, 4) is 5.75 Å². The van der Waals surface area contributed by atoms with Gasteiger partial charge in [0, 0.05) is 9.13 Å². The van der Waals surface area contributed by atoms with Crippen molar-refractivity contribution in [2.45, 2.75) is 19.3 Å². The number of ketones is 1. The number of ether oxygens (including phenoxy) is 1. The van der Waals surface area contributed by atoms with E-state index in [2.05, 4.69) is 28.7 Å². The molecule has 0 spiro atoms. The van der Waals surface area contributed by atoms with Gasteiger partial charge < -0.3 is 4.74 Å². The van der Waals surface area contributed by atoms with E-state index in [-0.39, 0.29) is 12.4 Å². The fourth-order valence-corrected chi connectivity index (χ4v) is 2.87. The van der Waals surface area contributed by atoms with Crippen molar-refractivity contribution in [3.05, 3.63) is 62.7 Å². The van der Waals surface area contributed by atoms with Crippen molar-refractivity contribution >= 4 is 28.4 Å². The van der Waals surface area contributed by atoms with Crippen molar-refractivity contribution in [3.63, 3.8) is 0 Å². The lowest BCUT2D eigenvalue weighted by Crippen LogP contribution is -2.12. The van der Waals surface area contributed by atoms with E-state index in [0.717, 1.165) is 27.7 Å². The Balaban J connectivity index is 1.66. The summed E-state index contributed by atoms with van der Waals surface area (Å²) in [7, 11) is 0. The highest BCUT2D eigenvalue weighted by atomic mass is 127. The molecule has 0 unspecified atom stereocenters. The molecule has 2 aromatic carbocycles. The minimum atomic E-state index is 0.0400. The molecule has 3 rings (SSSR count). The highest BCUT2D eigenvalue weighted by Gasteiger charge is 2.14. The van der Waals surface area contributed by atoms with Crippen LogP contribution in [0.4, 0.5) is 0 Å². The molecule has 0 heterocycles. The number of halogens is 1. The molecule has 2 nitrogen and oxygen atoms in total. The lowest BCUT2D eigenvalue weighted by atomic mass is 10.0. The van der Waals surface area contributed by atoms with Crippen LogP contribution in [-0.4, -0.2) is 12.4 Å². The van der Waals surface area contributed by atoms with E-state index in [1.807, 2.05) is 36.4 Å². The number of Topliss-reactive ketones (excluding diaryl/α,β-unsaturated/α-hetero) is 1.